The molecule has 0 unspecified atom stereocenters. The second-order valence-electron chi connectivity index (χ2n) is 10.0. The first-order chi connectivity index (χ1) is 16.4. The van der Waals surface area contributed by atoms with E-state index in [2.05, 4.69) is 29.9 Å². The molecule has 1 aliphatic heterocycles. The van der Waals surface area contributed by atoms with Crippen LogP contribution in [0.15, 0.2) is 42.6 Å². The summed E-state index contributed by atoms with van der Waals surface area (Å²) >= 11 is 0. The summed E-state index contributed by atoms with van der Waals surface area (Å²) in [4.78, 5) is 12.8. The summed E-state index contributed by atoms with van der Waals surface area (Å²) in [6.45, 7) is 5.05. The third-order valence-electron chi connectivity index (χ3n) is 7.36. The fourth-order valence-corrected chi connectivity index (χ4v) is 5.17. The van der Waals surface area contributed by atoms with Gasteiger partial charge in [-0.3, -0.25) is 4.68 Å². The molecule has 1 aliphatic carbocycles. The van der Waals surface area contributed by atoms with E-state index in [0.29, 0.717) is 39.1 Å². The van der Waals surface area contributed by atoms with Crippen LogP contribution in [0.2, 0.25) is 0 Å². The van der Waals surface area contributed by atoms with Gasteiger partial charge in [-0.2, -0.15) is 5.10 Å². The average Bonchev–Trinajstić information content (AvgIpc) is 3.54. The van der Waals surface area contributed by atoms with Crippen LogP contribution in [0.5, 0.6) is 0 Å². The van der Waals surface area contributed by atoms with E-state index in [0.717, 1.165) is 30.0 Å². The molecular weight excluding hydrogens is 433 g/mol. The maximum absolute atomic E-state index is 13.6. The van der Waals surface area contributed by atoms with Crippen molar-refractivity contribution in [1.29, 1.82) is 0 Å². The molecular formula is C27H32FN3O3. The smallest absolute Gasteiger partial charge is 0.407 e. The number of ether oxygens (including phenoxy) is 1. The number of piperidine rings is 1. The molecule has 3 aromatic rings. The van der Waals surface area contributed by atoms with Gasteiger partial charge in [0.1, 0.15) is 5.82 Å². The Morgan fingerprint density at radius 1 is 1.21 bits per heavy atom. The van der Waals surface area contributed by atoms with Crippen LogP contribution in [0, 0.1) is 18.7 Å². The number of amides is 1. The van der Waals surface area contributed by atoms with E-state index in [-0.39, 0.29) is 11.2 Å². The minimum atomic E-state index is -0.891. The van der Waals surface area contributed by atoms with Crippen molar-refractivity contribution in [3.8, 4) is 0 Å². The molecule has 0 radical (unpaired) electrons. The second kappa shape index (κ2) is 9.37. The Kier molecular flexibility index (Phi) is 6.30. The highest BCUT2D eigenvalue weighted by atomic mass is 19.1. The number of likely N-dealkylation sites (tertiary alicyclic amines) is 1. The summed E-state index contributed by atoms with van der Waals surface area (Å²) in [5.41, 5.74) is 4.17. The first kappa shape index (κ1) is 22.8. The summed E-state index contributed by atoms with van der Waals surface area (Å²) in [6, 6.07) is 11.0. The van der Waals surface area contributed by atoms with Gasteiger partial charge in [-0.15, -0.1) is 0 Å². The van der Waals surface area contributed by atoms with Gasteiger partial charge in [0.2, 0.25) is 0 Å². The molecule has 1 aromatic heterocycles. The number of fused-ring (bicyclic) bond motifs is 1. The highest BCUT2D eigenvalue weighted by Crippen LogP contribution is 2.36. The predicted octanol–water partition coefficient (Wildman–Crippen LogP) is 5.16. The fourth-order valence-electron chi connectivity index (χ4n) is 5.17. The SMILES string of the molecule is Cc1cc(CCOCC2(c3ccc(F)cc3)CCN(C(=O)O)CC2)c2nn(CC3CC3)cc2c1. The van der Waals surface area contributed by atoms with Crippen LogP contribution >= 0.6 is 0 Å². The van der Waals surface area contributed by atoms with E-state index in [1.807, 2.05) is 12.1 Å². The maximum atomic E-state index is 13.6. The lowest BCUT2D eigenvalue weighted by Gasteiger charge is -2.41. The van der Waals surface area contributed by atoms with E-state index < -0.39 is 6.09 Å². The quantitative estimate of drug-likeness (QED) is 0.467. The Labute approximate surface area is 199 Å². The lowest BCUT2D eigenvalue weighted by molar-refractivity contribution is 0.0461. The standard InChI is InChI=1S/C27H32FN3O3/c1-19-14-21(25-22(15-19)17-31(29-25)16-20-2-3-20)8-13-34-18-27(23-4-6-24(28)7-5-23)9-11-30(12-10-27)26(32)33/h4-7,14-15,17,20H,2-3,8-13,16,18H2,1H3,(H,32,33). The lowest BCUT2D eigenvalue weighted by atomic mass is 9.73. The zero-order chi connectivity index (χ0) is 23.7. The number of carbonyl (C=O) groups is 1. The second-order valence-corrected chi connectivity index (χ2v) is 10.0. The zero-order valence-electron chi connectivity index (χ0n) is 19.7. The summed E-state index contributed by atoms with van der Waals surface area (Å²) in [6.07, 6.45) is 5.95. The number of aromatic nitrogens is 2. The molecule has 2 aromatic carbocycles. The summed E-state index contributed by atoms with van der Waals surface area (Å²) in [5, 5.41) is 15.4. The first-order valence-electron chi connectivity index (χ1n) is 12.2. The van der Waals surface area contributed by atoms with Crippen LogP contribution in [0.3, 0.4) is 0 Å². The van der Waals surface area contributed by atoms with E-state index in [1.165, 1.54) is 46.4 Å². The van der Waals surface area contributed by atoms with E-state index in [1.54, 1.807) is 0 Å². The Morgan fingerprint density at radius 2 is 1.94 bits per heavy atom. The third kappa shape index (κ3) is 4.94. The zero-order valence-corrected chi connectivity index (χ0v) is 19.7. The predicted molar refractivity (Wildman–Crippen MR) is 129 cm³/mol. The maximum Gasteiger partial charge on any atom is 0.407 e. The van der Waals surface area contributed by atoms with Gasteiger partial charge in [-0.25, -0.2) is 9.18 Å². The van der Waals surface area contributed by atoms with Crippen molar-refractivity contribution in [2.24, 2.45) is 5.92 Å². The van der Waals surface area contributed by atoms with E-state index >= 15 is 0 Å². The van der Waals surface area contributed by atoms with E-state index in [9.17, 15) is 14.3 Å². The first-order valence-corrected chi connectivity index (χ1v) is 12.2. The molecule has 1 saturated heterocycles. The monoisotopic (exact) mass is 465 g/mol. The molecule has 1 saturated carbocycles. The molecule has 34 heavy (non-hydrogen) atoms. The normalized spacial score (nSPS) is 17.9. The van der Waals surface area contributed by atoms with Crippen molar-refractivity contribution >= 4 is 17.0 Å². The van der Waals surface area contributed by atoms with Gasteiger partial charge in [0.15, 0.2) is 0 Å². The number of carboxylic acid groups (broad SMARTS) is 1. The van der Waals surface area contributed by atoms with Crippen LogP contribution in [-0.4, -0.2) is 52.2 Å². The van der Waals surface area contributed by atoms with Gasteiger partial charge < -0.3 is 14.7 Å². The van der Waals surface area contributed by atoms with Gasteiger partial charge in [0.05, 0.1) is 18.7 Å². The van der Waals surface area contributed by atoms with Crippen molar-refractivity contribution in [2.45, 2.75) is 51.0 Å². The van der Waals surface area contributed by atoms with Gasteiger partial charge in [0, 0.05) is 36.6 Å². The number of halogens is 1. The van der Waals surface area contributed by atoms with Crippen molar-refractivity contribution in [3.05, 3.63) is 65.1 Å². The Hall–Kier alpha value is -2.93. The van der Waals surface area contributed by atoms with Gasteiger partial charge in [-0.05, 0) is 74.3 Å². The molecule has 5 rings (SSSR count). The largest absolute Gasteiger partial charge is 0.465 e. The van der Waals surface area contributed by atoms with Crippen molar-refractivity contribution in [2.75, 3.05) is 26.3 Å². The van der Waals surface area contributed by atoms with Crippen molar-refractivity contribution in [1.82, 2.24) is 14.7 Å². The van der Waals surface area contributed by atoms with Crippen LogP contribution in [-0.2, 0) is 23.1 Å². The summed E-state index contributed by atoms with van der Waals surface area (Å²) in [7, 11) is 0. The molecule has 2 aliphatic rings. The highest BCUT2D eigenvalue weighted by Gasteiger charge is 2.38. The number of aryl methyl sites for hydroxylation is 1. The summed E-state index contributed by atoms with van der Waals surface area (Å²) in [5.74, 6) is 0.504. The number of hydrogen-bond acceptors (Lipinski definition) is 3. The Balaban J connectivity index is 1.27. The molecule has 2 heterocycles. The topological polar surface area (TPSA) is 67.6 Å². The Bertz CT molecular complexity index is 1160. The lowest BCUT2D eigenvalue weighted by Crippen LogP contribution is -2.47. The number of rotatable bonds is 8. The fraction of sp³-hybridized carbons (Fsp3) is 0.481. The molecule has 6 nitrogen and oxygen atoms in total. The van der Waals surface area contributed by atoms with Gasteiger partial charge in [-0.1, -0.05) is 23.8 Å². The molecule has 1 N–H and O–H groups in total. The van der Waals surface area contributed by atoms with Crippen LogP contribution in [0.25, 0.3) is 10.9 Å². The van der Waals surface area contributed by atoms with Crippen LogP contribution in [0.4, 0.5) is 9.18 Å². The molecule has 0 bridgehead atoms. The molecule has 7 heteroatoms. The molecule has 0 spiro atoms. The minimum Gasteiger partial charge on any atom is -0.465 e. The minimum absolute atomic E-state index is 0.271. The molecule has 2 fully saturated rings. The van der Waals surface area contributed by atoms with Crippen molar-refractivity contribution in [3.63, 3.8) is 0 Å². The number of benzene rings is 2. The summed E-state index contributed by atoms with van der Waals surface area (Å²) < 4.78 is 21.9. The highest BCUT2D eigenvalue weighted by molar-refractivity contribution is 5.82. The molecule has 0 atom stereocenters. The van der Waals surface area contributed by atoms with E-state index in [4.69, 9.17) is 9.84 Å². The van der Waals surface area contributed by atoms with Crippen LogP contribution < -0.4 is 0 Å². The molecule has 1 amide bonds. The molecule has 180 valence electrons. The van der Waals surface area contributed by atoms with Crippen molar-refractivity contribution < 1.29 is 19.0 Å². The average molecular weight is 466 g/mol. The third-order valence-corrected chi connectivity index (χ3v) is 7.36. The number of hydrogen-bond donors (Lipinski definition) is 1. The van der Waals surface area contributed by atoms with Gasteiger partial charge in [0.25, 0.3) is 0 Å². The van der Waals surface area contributed by atoms with Crippen LogP contribution in [0.1, 0.15) is 42.4 Å². The van der Waals surface area contributed by atoms with Gasteiger partial charge >= 0.3 is 6.09 Å². The Morgan fingerprint density at radius 3 is 2.62 bits per heavy atom. The number of nitrogens with zero attached hydrogens (tertiary/aromatic N) is 3.